The van der Waals surface area contributed by atoms with Gasteiger partial charge in [-0.15, -0.1) is 0 Å². The van der Waals surface area contributed by atoms with Crippen molar-refractivity contribution < 1.29 is 22.8 Å². The van der Waals surface area contributed by atoms with Crippen LogP contribution in [-0.2, 0) is 22.2 Å². The van der Waals surface area contributed by atoms with Gasteiger partial charge in [0, 0.05) is 17.3 Å². The Balaban J connectivity index is 1.81. The van der Waals surface area contributed by atoms with E-state index >= 15 is 0 Å². The van der Waals surface area contributed by atoms with E-state index in [1.54, 1.807) is 24.3 Å². The third kappa shape index (κ3) is 5.79. The summed E-state index contributed by atoms with van der Waals surface area (Å²) < 4.78 is 37.4. The summed E-state index contributed by atoms with van der Waals surface area (Å²) >= 11 is 5.76. The van der Waals surface area contributed by atoms with Crippen LogP contribution in [0.25, 0.3) is 0 Å². The van der Waals surface area contributed by atoms with Crippen molar-refractivity contribution in [2.45, 2.75) is 12.6 Å². The van der Waals surface area contributed by atoms with Crippen LogP contribution < -0.4 is 10.6 Å². The zero-order chi connectivity index (χ0) is 18.4. The van der Waals surface area contributed by atoms with Gasteiger partial charge in [0.15, 0.2) is 0 Å². The van der Waals surface area contributed by atoms with E-state index in [-0.39, 0.29) is 12.2 Å². The molecule has 0 bridgehead atoms. The number of alkyl halides is 3. The topological polar surface area (TPSA) is 58.2 Å². The molecular weight excluding hydrogens is 357 g/mol. The molecular formula is C17H14ClF3N2O2. The van der Waals surface area contributed by atoms with Crippen LogP contribution in [0.3, 0.4) is 0 Å². The van der Waals surface area contributed by atoms with E-state index in [0.29, 0.717) is 11.4 Å². The Hall–Kier alpha value is -2.54. The normalized spacial score (nSPS) is 11.0. The van der Waals surface area contributed by atoms with Crippen LogP contribution in [0.4, 0.5) is 18.9 Å². The number of nitrogens with one attached hydrogen (secondary N) is 2. The molecule has 25 heavy (non-hydrogen) atoms. The molecule has 4 nitrogen and oxygen atoms in total. The molecule has 2 aromatic carbocycles. The third-order valence-corrected chi connectivity index (χ3v) is 3.54. The van der Waals surface area contributed by atoms with Gasteiger partial charge in [-0.05, 0) is 48.4 Å². The fraction of sp³-hybridized carbons (Fsp3) is 0.176. The van der Waals surface area contributed by atoms with Crippen molar-refractivity contribution in [1.29, 1.82) is 0 Å². The summed E-state index contributed by atoms with van der Waals surface area (Å²) in [7, 11) is 0. The van der Waals surface area contributed by atoms with Crippen LogP contribution in [0.5, 0.6) is 0 Å². The molecule has 8 heteroatoms. The largest absolute Gasteiger partial charge is 0.416 e. The van der Waals surface area contributed by atoms with Gasteiger partial charge in [-0.2, -0.15) is 13.2 Å². The van der Waals surface area contributed by atoms with Crippen molar-refractivity contribution in [1.82, 2.24) is 5.32 Å². The Morgan fingerprint density at radius 1 is 0.920 bits per heavy atom. The molecule has 0 spiro atoms. The minimum absolute atomic E-state index is 0.103. The van der Waals surface area contributed by atoms with Crippen molar-refractivity contribution in [2.75, 3.05) is 11.9 Å². The Bertz CT molecular complexity index is 744. The third-order valence-electron chi connectivity index (χ3n) is 3.29. The van der Waals surface area contributed by atoms with E-state index in [0.717, 1.165) is 29.8 Å². The lowest BCUT2D eigenvalue weighted by molar-refractivity contribution is -0.137. The highest BCUT2D eigenvalue weighted by Crippen LogP contribution is 2.29. The van der Waals surface area contributed by atoms with Gasteiger partial charge in [0.25, 0.3) is 0 Å². The molecule has 2 rings (SSSR count). The van der Waals surface area contributed by atoms with Crippen molar-refractivity contribution >= 4 is 29.1 Å². The number of amides is 2. The smallest absolute Gasteiger partial charge is 0.347 e. The number of carbonyl (C=O) groups excluding carboxylic acids is 2. The Morgan fingerprint density at radius 3 is 2.08 bits per heavy atom. The van der Waals surface area contributed by atoms with Crippen molar-refractivity contribution in [3.63, 3.8) is 0 Å². The first-order valence-electron chi connectivity index (χ1n) is 7.26. The monoisotopic (exact) mass is 370 g/mol. The highest BCUT2D eigenvalue weighted by atomic mass is 35.5. The second-order valence-corrected chi connectivity index (χ2v) is 5.60. The van der Waals surface area contributed by atoms with Gasteiger partial charge in [0.05, 0.1) is 5.56 Å². The van der Waals surface area contributed by atoms with E-state index in [9.17, 15) is 22.8 Å². The minimum atomic E-state index is -4.46. The van der Waals surface area contributed by atoms with E-state index in [1.165, 1.54) is 0 Å². The van der Waals surface area contributed by atoms with Crippen molar-refractivity contribution in [3.8, 4) is 0 Å². The van der Waals surface area contributed by atoms with Gasteiger partial charge in [0.2, 0.25) is 0 Å². The van der Waals surface area contributed by atoms with Crippen LogP contribution >= 0.6 is 11.6 Å². The number of halogens is 4. The van der Waals surface area contributed by atoms with Crippen LogP contribution in [0, 0.1) is 0 Å². The molecule has 0 atom stereocenters. The van der Waals surface area contributed by atoms with E-state index in [4.69, 9.17) is 11.6 Å². The zero-order valence-electron chi connectivity index (χ0n) is 12.9. The molecule has 0 aromatic heterocycles. The molecule has 0 aliphatic carbocycles. The molecule has 2 N–H and O–H groups in total. The van der Waals surface area contributed by atoms with E-state index in [1.807, 2.05) is 0 Å². The van der Waals surface area contributed by atoms with Gasteiger partial charge >= 0.3 is 18.0 Å². The highest BCUT2D eigenvalue weighted by Gasteiger charge is 2.30. The van der Waals surface area contributed by atoms with E-state index in [2.05, 4.69) is 10.6 Å². The Labute approximate surface area is 147 Å². The quantitative estimate of drug-likeness (QED) is 0.807. The standard InChI is InChI=1S/C17H14ClF3N2O2/c18-13-5-1-11(2-6-13)9-10-22-15(24)16(25)23-14-7-3-12(4-8-14)17(19,20)21/h1-8H,9-10H2,(H,22,24)(H,23,25). The van der Waals surface area contributed by atoms with Crippen LogP contribution in [-0.4, -0.2) is 18.4 Å². The molecule has 0 heterocycles. The number of hydrogen-bond donors (Lipinski definition) is 2. The maximum atomic E-state index is 12.5. The summed E-state index contributed by atoms with van der Waals surface area (Å²) in [6, 6.07) is 10.9. The molecule has 0 aliphatic heterocycles. The van der Waals surface area contributed by atoms with E-state index < -0.39 is 23.6 Å². The van der Waals surface area contributed by atoms with Gasteiger partial charge in [0.1, 0.15) is 0 Å². The Morgan fingerprint density at radius 2 is 1.52 bits per heavy atom. The van der Waals surface area contributed by atoms with Crippen LogP contribution in [0.1, 0.15) is 11.1 Å². The molecule has 0 unspecified atom stereocenters. The lowest BCUT2D eigenvalue weighted by atomic mass is 10.1. The predicted octanol–water partition coefficient (Wildman–Crippen LogP) is 3.66. The fourth-order valence-corrected chi connectivity index (χ4v) is 2.11. The average Bonchev–Trinajstić information content (AvgIpc) is 2.56. The zero-order valence-corrected chi connectivity index (χ0v) is 13.6. The number of carbonyl (C=O) groups is 2. The van der Waals surface area contributed by atoms with Crippen LogP contribution in [0.2, 0.25) is 5.02 Å². The maximum absolute atomic E-state index is 12.5. The first kappa shape index (κ1) is 18.8. The number of benzene rings is 2. The maximum Gasteiger partial charge on any atom is 0.416 e. The van der Waals surface area contributed by atoms with Gasteiger partial charge in [-0.3, -0.25) is 9.59 Å². The Kier molecular flexibility index (Phi) is 6.03. The van der Waals surface area contributed by atoms with Crippen LogP contribution in [0.15, 0.2) is 48.5 Å². The summed E-state index contributed by atoms with van der Waals surface area (Å²) in [5, 5.41) is 5.28. The van der Waals surface area contributed by atoms with Gasteiger partial charge in [-0.25, -0.2) is 0 Å². The van der Waals surface area contributed by atoms with Crippen molar-refractivity contribution in [3.05, 3.63) is 64.7 Å². The SMILES string of the molecule is O=C(NCCc1ccc(Cl)cc1)C(=O)Nc1ccc(C(F)(F)F)cc1. The molecule has 0 fully saturated rings. The summed E-state index contributed by atoms with van der Waals surface area (Å²) in [5.41, 5.74) is 0.205. The fourth-order valence-electron chi connectivity index (χ4n) is 1.98. The molecule has 0 saturated heterocycles. The molecule has 0 radical (unpaired) electrons. The minimum Gasteiger partial charge on any atom is -0.347 e. The first-order chi connectivity index (χ1) is 11.8. The van der Waals surface area contributed by atoms with Gasteiger partial charge in [-0.1, -0.05) is 23.7 Å². The van der Waals surface area contributed by atoms with Crippen molar-refractivity contribution in [2.24, 2.45) is 0 Å². The lowest BCUT2D eigenvalue weighted by Crippen LogP contribution is -2.36. The number of hydrogen-bond acceptors (Lipinski definition) is 2. The summed E-state index contributed by atoms with van der Waals surface area (Å²) in [4.78, 5) is 23.4. The molecule has 0 aliphatic rings. The summed E-state index contributed by atoms with van der Waals surface area (Å²) in [6.45, 7) is 0.237. The lowest BCUT2D eigenvalue weighted by Gasteiger charge is -2.09. The molecule has 0 saturated carbocycles. The average molecular weight is 371 g/mol. The second kappa shape index (κ2) is 8.02. The molecule has 2 aromatic rings. The van der Waals surface area contributed by atoms with Gasteiger partial charge < -0.3 is 10.6 Å². The number of anilines is 1. The second-order valence-electron chi connectivity index (χ2n) is 5.16. The predicted molar refractivity (Wildman–Crippen MR) is 88.2 cm³/mol. The first-order valence-corrected chi connectivity index (χ1v) is 7.64. The molecule has 2 amide bonds. The highest BCUT2D eigenvalue weighted by molar-refractivity contribution is 6.39. The number of rotatable bonds is 4. The summed E-state index contributed by atoms with van der Waals surface area (Å²) in [6.07, 6.45) is -3.95. The summed E-state index contributed by atoms with van der Waals surface area (Å²) in [5.74, 6) is -1.82. The molecule has 132 valence electrons.